The second kappa shape index (κ2) is 4.80. The van der Waals surface area contributed by atoms with Gasteiger partial charge in [-0.05, 0) is 18.4 Å². The van der Waals surface area contributed by atoms with E-state index in [4.69, 9.17) is 0 Å². The first kappa shape index (κ1) is 9.97. The summed E-state index contributed by atoms with van der Waals surface area (Å²) >= 11 is 0. The molecule has 0 aliphatic carbocycles. The van der Waals surface area contributed by atoms with E-state index in [0.29, 0.717) is 5.92 Å². The van der Waals surface area contributed by atoms with Crippen molar-refractivity contribution >= 4 is 6.21 Å². The summed E-state index contributed by atoms with van der Waals surface area (Å²) in [5, 5.41) is 0. The first-order valence-corrected chi connectivity index (χ1v) is 4.75. The first-order chi connectivity index (χ1) is 6.18. The van der Waals surface area contributed by atoms with E-state index in [-0.39, 0.29) is 0 Å². The molecule has 1 heteroatoms. The van der Waals surface area contributed by atoms with Crippen LogP contribution in [0.25, 0.3) is 0 Å². The molecule has 13 heavy (non-hydrogen) atoms. The number of aliphatic imine (C=N–C) groups is 1. The van der Waals surface area contributed by atoms with Gasteiger partial charge in [0.15, 0.2) is 0 Å². The first-order valence-electron chi connectivity index (χ1n) is 4.75. The van der Waals surface area contributed by atoms with Crippen molar-refractivity contribution in [1.29, 1.82) is 0 Å². The molecule has 0 aliphatic heterocycles. The highest BCUT2D eigenvalue weighted by Gasteiger charge is 1.89. The summed E-state index contributed by atoms with van der Waals surface area (Å²) < 4.78 is 0. The maximum absolute atomic E-state index is 4.35. The average Bonchev–Trinajstić information content (AvgIpc) is 2.08. The molecular formula is C12H17N. The van der Waals surface area contributed by atoms with Crippen molar-refractivity contribution in [2.75, 3.05) is 6.54 Å². The molecule has 0 amide bonds. The van der Waals surface area contributed by atoms with Gasteiger partial charge in [0.2, 0.25) is 0 Å². The van der Waals surface area contributed by atoms with Gasteiger partial charge in [0.05, 0.1) is 0 Å². The van der Waals surface area contributed by atoms with Crippen molar-refractivity contribution in [3.63, 3.8) is 0 Å². The number of benzene rings is 1. The maximum atomic E-state index is 4.35. The molecular weight excluding hydrogens is 158 g/mol. The van der Waals surface area contributed by atoms with E-state index < -0.39 is 0 Å². The normalized spacial score (nSPS) is 11.4. The van der Waals surface area contributed by atoms with Crippen LogP contribution in [0.4, 0.5) is 0 Å². The van der Waals surface area contributed by atoms with Crippen LogP contribution in [-0.2, 0) is 0 Å². The molecule has 0 aliphatic rings. The Morgan fingerprint density at radius 1 is 1.23 bits per heavy atom. The Bertz CT molecular complexity index is 270. The molecule has 0 heterocycles. The Labute approximate surface area is 80.5 Å². The zero-order chi connectivity index (χ0) is 9.68. The maximum Gasteiger partial charge on any atom is 0.0412 e. The summed E-state index contributed by atoms with van der Waals surface area (Å²) in [7, 11) is 0. The Morgan fingerprint density at radius 3 is 2.38 bits per heavy atom. The van der Waals surface area contributed by atoms with Crippen molar-refractivity contribution in [2.45, 2.75) is 20.8 Å². The number of hydrogen-bond acceptors (Lipinski definition) is 1. The van der Waals surface area contributed by atoms with Crippen LogP contribution in [-0.4, -0.2) is 12.8 Å². The fourth-order valence-corrected chi connectivity index (χ4v) is 1.02. The van der Waals surface area contributed by atoms with Crippen molar-refractivity contribution in [3.8, 4) is 0 Å². The summed E-state index contributed by atoms with van der Waals surface area (Å²) in [6.07, 6.45) is 1.94. The Balaban J connectivity index is 2.54. The number of aryl methyl sites for hydroxylation is 1. The predicted octanol–water partition coefficient (Wildman–Crippen LogP) is 3.07. The minimum Gasteiger partial charge on any atom is -0.292 e. The molecule has 1 rings (SSSR count). The molecule has 0 spiro atoms. The van der Waals surface area contributed by atoms with Gasteiger partial charge in [0.25, 0.3) is 0 Å². The minimum absolute atomic E-state index is 0.640. The molecule has 1 nitrogen and oxygen atoms in total. The number of rotatable bonds is 3. The third kappa shape index (κ3) is 3.88. The van der Waals surface area contributed by atoms with Crippen LogP contribution in [0.5, 0.6) is 0 Å². The molecule has 1 aromatic rings. The summed E-state index contributed by atoms with van der Waals surface area (Å²) in [6, 6.07) is 8.41. The van der Waals surface area contributed by atoms with Gasteiger partial charge < -0.3 is 0 Å². The summed E-state index contributed by atoms with van der Waals surface area (Å²) in [6.45, 7) is 7.35. The lowest BCUT2D eigenvalue weighted by molar-refractivity contribution is 0.667. The molecule has 0 bridgehead atoms. The highest BCUT2D eigenvalue weighted by Crippen LogP contribution is 2.00. The highest BCUT2D eigenvalue weighted by atomic mass is 14.7. The van der Waals surface area contributed by atoms with Gasteiger partial charge in [-0.15, -0.1) is 0 Å². The molecule has 0 N–H and O–H groups in total. The standard InChI is InChI=1S/C12H17N/c1-10(2)8-13-9-12-6-4-11(3)5-7-12/h4-7,9-10H,8H2,1-3H3. The van der Waals surface area contributed by atoms with E-state index in [0.717, 1.165) is 6.54 Å². The Morgan fingerprint density at radius 2 is 1.85 bits per heavy atom. The SMILES string of the molecule is Cc1ccc(C=NCC(C)C)cc1. The molecule has 0 saturated heterocycles. The van der Waals surface area contributed by atoms with Crippen LogP contribution in [0.3, 0.4) is 0 Å². The van der Waals surface area contributed by atoms with E-state index in [9.17, 15) is 0 Å². The lowest BCUT2D eigenvalue weighted by Gasteiger charge is -1.97. The summed E-state index contributed by atoms with van der Waals surface area (Å²) in [4.78, 5) is 4.35. The van der Waals surface area contributed by atoms with Crippen LogP contribution in [0.15, 0.2) is 29.3 Å². The van der Waals surface area contributed by atoms with E-state index in [1.54, 1.807) is 0 Å². The summed E-state index contributed by atoms with van der Waals surface area (Å²) in [5.74, 6) is 0.640. The van der Waals surface area contributed by atoms with Gasteiger partial charge in [-0.3, -0.25) is 4.99 Å². The largest absolute Gasteiger partial charge is 0.292 e. The lowest BCUT2D eigenvalue weighted by Crippen LogP contribution is -1.92. The molecule has 0 fully saturated rings. The zero-order valence-electron chi connectivity index (χ0n) is 8.62. The van der Waals surface area contributed by atoms with Gasteiger partial charge in [-0.1, -0.05) is 43.7 Å². The molecule has 0 radical (unpaired) electrons. The number of hydrogen-bond donors (Lipinski definition) is 0. The molecule has 0 aromatic heterocycles. The average molecular weight is 175 g/mol. The quantitative estimate of drug-likeness (QED) is 0.626. The van der Waals surface area contributed by atoms with E-state index >= 15 is 0 Å². The summed E-state index contributed by atoms with van der Waals surface area (Å²) in [5.41, 5.74) is 2.48. The van der Waals surface area contributed by atoms with Crippen molar-refractivity contribution in [3.05, 3.63) is 35.4 Å². The third-order valence-corrected chi connectivity index (χ3v) is 1.79. The fourth-order valence-electron chi connectivity index (χ4n) is 1.02. The van der Waals surface area contributed by atoms with E-state index in [1.165, 1.54) is 11.1 Å². The van der Waals surface area contributed by atoms with Crippen molar-refractivity contribution in [2.24, 2.45) is 10.9 Å². The molecule has 0 atom stereocenters. The van der Waals surface area contributed by atoms with Crippen molar-refractivity contribution in [1.82, 2.24) is 0 Å². The van der Waals surface area contributed by atoms with Crippen LogP contribution >= 0.6 is 0 Å². The van der Waals surface area contributed by atoms with Crippen molar-refractivity contribution < 1.29 is 0 Å². The van der Waals surface area contributed by atoms with Crippen LogP contribution in [0, 0.1) is 12.8 Å². The van der Waals surface area contributed by atoms with Gasteiger partial charge in [0.1, 0.15) is 0 Å². The Hall–Kier alpha value is -1.11. The zero-order valence-corrected chi connectivity index (χ0v) is 8.62. The molecule has 1 aromatic carbocycles. The fraction of sp³-hybridized carbons (Fsp3) is 0.417. The van der Waals surface area contributed by atoms with Crippen LogP contribution in [0.1, 0.15) is 25.0 Å². The molecule has 0 unspecified atom stereocenters. The third-order valence-electron chi connectivity index (χ3n) is 1.79. The van der Waals surface area contributed by atoms with Gasteiger partial charge in [0, 0.05) is 12.8 Å². The lowest BCUT2D eigenvalue weighted by atomic mass is 10.2. The molecule has 70 valence electrons. The van der Waals surface area contributed by atoms with Crippen LogP contribution in [0.2, 0.25) is 0 Å². The predicted molar refractivity (Wildman–Crippen MR) is 58.5 cm³/mol. The smallest absolute Gasteiger partial charge is 0.0412 e. The second-order valence-corrected chi connectivity index (χ2v) is 3.80. The number of nitrogens with zero attached hydrogens (tertiary/aromatic N) is 1. The van der Waals surface area contributed by atoms with E-state index in [1.807, 2.05) is 6.21 Å². The second-order valence-electron chi connectivity index (χ2n) is 3.80. The van der Waals surface area contributed by atoms with Crippen LogP contribution < -0.4 is 0 Å². The minimum atomic E-state index is 0.640. The van der Waals surface area contributed by atoms with E-state index in [2.05, 4.69) is 50.0 Å². The topological polar surface area (TPSA) is 12.4 Å². The highest BCUT2D eigenvalue weighted by molar-refractivity contribution is 5.79. The monoisotopic (exact) mass is 175 g/mol. The molecule has 0 saturated carbocycles. The van der Waals surface area contributed by atoms with Gasteiger partial charge >= 0.3 is 0 Å². The Kier molecular flexibility index (Phi) is 3.69. The van der Waals surface area contributed by atoms with Gasteiger partial charge in [-0.2, -0.15) is 0 Å². The van der Waals surface area contributed by atoms with Gasteiger partial charge in [-0.25, -0.2) is 0 Å².